The maximum absolute atomic E-state index is 12.6. The average Bonchev–Trinajstić information content (AvgIpc) is 2.58. The van der Waals surface area contributed by atoms with Crippen LogP contribution in [0.4, 0.5) is 5.69 Å². The third-order valence-electron chi connectivity index (χ3n) is 5.51. The SMILES string of the molecule is Cc1ccc(Cl)cc1N1CC[NH+](CC(=O)N2CCCC[C@@H]2C)CC1. The number of amides is 1. The first-order chi connectivity index (χ1) is 11.5. The number of likely N-dealkylation sites (tertiary alicyclic amines) is 1. The predicted molar refractivity (Wildman–Crippen MR) is 99.0 cm³/mol. The van der Waals surface area contributed by atoms with Crippen LogP contribution in [0.1, 0.15) is 31.7 Å². The van der Waals surface area contributed by atoms with E-state index < -0.39 is 0 Å². The molecule has 0 saturated carbocycles. The van der Waals surface area contributed by atoms with Crippen molar-refractivity contribution >= 4 is 23.2 Å². The van der Waals surface area contributed by atoms with E-state index in [0.717, 1.165) is 50.6 Å². The molecule has 1 N–H and O–H groups in total. The molecule has 0 unspecified atom stereocenters. The molecule has 2 aliphatic heterocycles. The zero-order valence-corrected chi connectivity index (χ0v) is 15.6. The lowest BCUT2D eigenvalue weighted by Gasteiger charge is -2.37. The van der Waals surface area contributed by atoms with E-state index in [9.17, 15) is 4.79 Å². The van der Waals surface area contributed by atoms with E-state index in [1.807, 2.05) is 6.07 Å². The van der Waals surface area contributed by atoms with Crippen molar-refractivity contribution in [2.75, 3.05) is 44.2 Å². The van der Waals surface area contributed by atoms with Crippen molar-refractivity contribution in [1.29, 1.82) is 0 Å². The first-order valence-corrected chi connectivity index (χ1v) is 9.56. The number of rotatable bonds is 3. The molecule has 0 spiro atoms. The molecule has 0 radical (unpaired) electrons. The molecule has 1 atom stereocenters. The second-order valence-electron chi connectivity index (χ2n) is 7.28. The molecule has 24 heavy (non-hydrogen) atoms. The maximum atomic E-state index is 12.6. The minimum absolute atomic E-state index is 0.338. The summed E-state index contributed by atoms with van der Waals surface area (Å²) in [4.78, 5) is 18.5. The molecule has 2 heterocycles. The summed E-state index contributed by atoms with van der Waals surface area (Å²) >= 11 is 6.15. The van der Waals surface area contributed by atoms with Crippen LogP contribution in [0.2, 0.25) is 5.02 Å². The molecule has 1 aromatic carbocycles. The highest BCUT2D eigenvalue weighted by Gasteiger charge is 2.28. The number of quaternary nitrogens is 1. The second kappa shape index (κ2) is 7.75. The summed E-state index contributed by atoms with van der Waals surface area (Å²) in [6, 6.07) is 6.50. The monoisotopic (exact) mass is 350 g/mol. The van der Waals surface area contributed by atoms with Gasteiger partial charge in [0, 0.05) is 23.3 Å². The Morgan fingerprint density at radius 3 is 2.71 bits per heavy atom. The van der Waals surface area contributed by atoms with E-state index in [1.165, 1.54) is 22.6 Å². The van der Waals surface area contributed by atoms with Crippen molar-refractivity contribution in [3.8, 4) is 0 Å². The summed E-state index contributed by atoms with van der Waals surface area (Å²) in [5, 5.41) is 0.791. The molecule has 2 fully saturated rings. The molecule has 0 aromatic heterocycles. The third kappa shape index (κ3) is 4.04. The largest absolute Gasteiger partial charge is 0.360 e. The Balaban J connectivity index is 1.53. The van der Waals surface area contributed by atoms with E-state index in [4.69, 9.17) is 11.6 Å². The van der Waals surface area contributed by atoms with Crippen LogP contribution in [-0.2, 0) is 4.79 Å². The number of piperidine rings is 1. The Morgan fingerprint density at radius 2 is 2.00 bits per heavy atom. The van der Waals surface area contributed by atoms with Crippen LogP contribution < -0.4 is 9.80 Å². The van der Waals surface area contributed by atoms with Crippen LogP contribution in [0.25, 0.3) is 0 Å². The first kappa shape index (κ1) is 17.6. The van der Waals surface area contributed by atoms with Gasteiger partial charge in [-0.2, -0.15) is 0 Å². The maximum Gasteiger partial charge on any atom is 0.277 e. The van der Waals surface area contributed by atoms with Crippen LogP contribution in [0.3, 0.4) is 0 Å². The van der Waals surface area contributed by atoms with Crippen LogP contribution >= 0.6 is 11.6 Å². The highest BCUT2D eigenvalue weighted by molar-refractivity contribution is 6.30. The fourth-order valence-electron chi connectivity index (χ4n) is 3.95. The number of aryl methyl sites for hydroxylation is 1. The van der Waals surface area contributed by atoms with Crippen LogP contribution in [0, 0.1) is 6.92 Å². The number of hydrogen-bond donors (Lipinski definition) is 1. The number of benzene rings is 1. The summed E-state index contributed by atoms with van der Waals surface area (Å²) in [7, 11) is 0. The normalized spacial score (nSPS) is 22.7. The zero-order valence-electron chi connectivity index (χ0n) is 14.9. The number of nitrogens with zero attached hydrogens (tertiary/aromatic N) is 2. The molecule has 0 aliphatic carbocycles. The third-order valence-corrected chi connectivity index (χ3v) is 5.74. The van der Waals surface area contributed by atoms with E-state index in [2.05, 4.69) is 35.8 Å². The van der Waals surface area contributed by atoms with Gasteiger partial charge in [-0.05, 0) is 50.8 Å². The van der Waals surface area contributed by atoms with Gasteiger partial charge in [-0.3, -0.25) is 4.79 Å². The highest BCUT2D eigenvalue weighted by atomic mass is 35.5. The van der Waals surface area contributed by atoms with Gasteiger partial charge in [-0.1, -0.05) is 17.7 Å². The van der Waals surface area contributed by atoms with Crippen molar-refractivity contribution in [2.45, 2.75) is 39.2 Å². The number of halogens is 1. The minimum Gasteiger partial charge on any atom is -0.360 e. The molecule has 4 nitrogen and oxygen atoms in total. The average molecular weight is 351 g/mol. The smallest absolute Gasteiger partial charge is 0.277 e. The first-order valence-electron chi connectivity index (χ1n) is 9.19. The molecule has 5 heteroatoms. The standard InChI is InChI=1S/C19H28ClN3O/c1-15-6-7-17(20)13-18(15)22-11-9-21(10-12-22)14-19(24)23-8-4-3-5-16(23)2/h6-7,13,16H,3-5,8-12,14H2,1-2H3/p+1/t16-/m0/s1. The number of anilines is 1. The summed E-state index contributed by atoms with van der Waals surface area (Å²) in [6.45, 7) is 9.91. The molecular formula is C19H29ClN3O+. The van der Waals surface area contributed by atoms with Crippen molar-refractivity contribution in [2.24, 2.45) is 0 Å². The van der Waals surface area contributed by atoms with Crippen molar-refractivity contribution in [3.05, 3.63) is 28.8 Å². The molecular weight excluding hydrogens is 322 g/mol. The number of nitrogens with one attached hydrogen (secondary N) is 1. The van der Waals surface area contributed by atoms with E-state index in [1.54, 1.807) is 0 Å². The Morgan fingerprint density at radius 1 is 1.25 bits per heavy atom. The molecule has 2 aliphatic rings. The van der Waals surface area contributed by atoms with E-state index >= 15 is 0 Å². The van der Waals surface area contributed by atoms with Gasteiger partial charge in [0.2, 0.25) is 0 Å². The lowest BCUT2D eigenvalue weighted by Crippen LogP contribution is -3.16. The van der Waals surface area contributed by atoms with Crippen LogP contribution in [0.15, 0.2) is 18.2 Å². The number of piperazine rings is 1. The summed E-state index contributed by atoms with van der Waals surface area (Å²) in [5.41, 5.74) is 2.50. The predicted octanol–water partition coefficient (Wildman–Crippen LogP) is 1.75. The van der Waals surface area contributed by atoms with E-state index in [-0.39, 0.29) is 0 Å². The fourth-order valence-corrected chi connectivity index (χ4v) is 4.11. The minimum atomic E-state index is 0.338. The Bertz CT molecular complexity index is 584. The van der Waals surface area contributed by atoms with Crippen molar-refractivity contribution in [3.63, 3.8) is 0 Å². The molecule has 2 saturated heterocycles. The summed E-state index contributed by atoms with van der Waals surface area (Å²) in [6.07, 6.45) is 3.57. The quantitative estimate of drug-likeness (QED) is 0.899. The van der Waals surface area contributed by atoms with Gasteiger partial charge < -0.3 is 14.7 Å². The Labute approximate surface area is 150 Å². The number of carbonyl (C=O) groups excluding carboxylic acids is 1. The van der Waals surface area contributed by atoms with Gasteiger partial charge in [0.05, 0.1) is 26.2 Å². The van der Waals surface area contributed by atoms with Gasteiger partial charge >= 0.3 is 0 Å². The van der Waals surface area contributed by atoms with Gasteiger partial charge in [0.1, 0.15) is 0 Å². The molecule has 1 amide bonds. The fraction of sp³-hybridized carbons (Fsp3) is 0.632. The topological polar surface area (TPSA) is 28.0 Å². The van der Waals surface area contributed by atoms with Gasteiger partial charge in [0.25, 0.3) is 5.91 Å². The van der Waals surface area contributed by atoms with Crippen molar-refractivity contribution < 1.29 is 9.69 Å². The Kier molecular flexibility index (Phi) is 5.67. The summed E-state index contributed by atoms with van der Waals surface area (Å²) in [5.74, 6) is 0.338. The molecule has 1 aromatic rings. The molecule has 3 rings (SSSR count). The zero-order chi connectivity index (χ0) is 17.1. The van der Waals surface area contributed by atoms with Crippen LogP contribution in [0.5, 0.6) is 0 Å². The molecule has 132 valence electrons. The lowest BCUT2D eigenvalue weighted by molar-refractivity contribution is -0.892. The lowest BCUT2D eigenvalue weighted by atomic mass is 10.0. The highest BCUT2D eigenvalue weighted by Crippen LogP contribution is 2.24. The second-order valence-corrected chi connectivity index (χ2v) is 7.71. The van der Waals surface area contributed by atoms with Gasteiger partial charge in [-0.15, -0.1) is 0 Å². The number of hydrogen-bond acceptors (Lipinski definition) is 2. The number of carbonyl (C=O) groups is 1. The van der Waals surface area contributed by atoms with Gasteiger partial charge in [0.15, 0.2) is 6.54 Å². The molecule has 0 bridgehead atoms. The van der Waals surface area contributed by atoms with Gasteiger partial charge in [-0.25, -0.2) is 0 Å². The van der Waals surface area contributed by atoms with Crippen LogP contribution in [-0.4, -0.2) is 56.1 Å². The van der Waals surface area contributed by atoms with E-state index in [0.29, 0.717) is 18.5 Å². The van der Waals surface area contributed by atoms with Crippen molar-refractivity contribution in [1.82, 2.24) is 4.90 Å². The Hall–Kier alpha value is -1.26. The summed E-state index contributed by atoms with van der Waals surface area (Å²) < 4.78 is 0.